The van der Waals surface area contributed by atoms with E-state index in [2.05, 4.69) is 10.3 Å². The molecule has 0 radical (unpaired) electrons. The zero-order chi connectivity index (χ0) is 19.4. The van der Waals surface area contributed by atoms with Crippen molar-refractivity contribution in [2.24, 2.45) is 0 Å². The standard InChI is InChI=1S/C21H18ClN3O2/c1-14-8-9-17(11-19(14)22)24-20(26)15-10-16(13-23-12-15)21(27)25(2)18-6-4-3-5-7-18/h3-13H,1-2H3,(H,24,26). The molecule has 0 bridgehead atoms. The van der Waals surface area contributed by atoms with E-state index >= 15 is 0 Å². The fourth-order valence-electron chi connectivity index (χ4n) is 2.52. The van der Waals surface area contributed by atoms with E-state index in [9.17, 15) is 9.59 Å². The van der Waals surface area contributed by atoms with Gasteiger partial charge in [-0.25, -0.2) is 0 Å². The number of hydrogen-bond donors (Lipinski definition) is 1. The summed E-state index contributed by atoms with van der Waals surface area (Å²) in [6, 6.07) is 16.1. The predicted octanol–water partition coefficient (Wildman–Crippen LogP) is 4.57. The number of anilines is 2. The molecule has 0 spiro atoms. The molecule has 0 saturated heterocycles. The highest BCUT2D eigenvalue weighted by Crippen LogP contribution is 2.21. The second-order valence-electron chi connectivity index (χ2n) is 6.08. The second-order valence-corrected chi connectivity index (χ2v) is 6.49. The van der Waals surface area contributed by atoms with Gasteiger partial charge in [0.25, 0.3) is 11.8 Å². The number of hydrogen-bond acceptors (Lipinski definition) is 3. The van der Waals surface area contributed by atoms with Crippen LogP contribution in [0.4, 0.5) is 11.4 Å². The summed E-state index contributed by atoms with van der Waals surface area (Å²) in [5.41, 5.74) is 2.88. The number of aryl methyl sites for hydroxylation is 1. The van der Waals surface area contributed by atoms with Crippen molar-refractivity contribution in [3.05, 3.63) is 88.7 Å². The number of rotatable bonds is 4. The zero-order valence-electron chi connectivity index (χ0n) is 14.9. The highest BCUT2D eigenvalue weighted by Gasteiger charge is 2.16. The van der Waals surface area contributed by atoms with E-state index < -0.39 is 0 Å². The Hall–Kier alpha value is -3.18. The van der Waals surface area contributed by atoms with Gasteiger partial charge in [0, 0.05) is 35.8 Å². The molecular weight excluding hydrogens is 362 g/mol. The number of carbonyl (C=O) groups is 2. The molecule has 27 heavy (non-hydrogen) atoms. The minimum atomic E-state index is -0.362. The zero-order valence-corrected chi connectivity index (χ0v) is 15.7. The average molecular weight is 380 g/mol. The van der Waals surface area contributed by atoms with Crippen LogP contribution in [-0.2, 0) is 0 Å². The quantitative estimate of drug-likeness (QED) is 0.722. The van der Waals surface area contributed by atoms with Crippen LogP contribution in [0.3, 0.4) is 0 Å². The third-order valence-electron chi connectivity index (χ3n) is 4.13. The molecule has 0 aliphatic carbocycles. The van der Waals surface area contributed by atoms with Gasteiger partial charge in [-0.15, -0.1) is 0 Å². The molecule has 0 aliphatic rings. The number of carbonyl (C=O) groups excluding carboxylic acids is 2. The summed E-state index contributed by atoms with van der Waals surface area (Å²) < 4.78 is 0. The normalized spacial score (nSPS) is 10.3. The highest BCUT2D eigenvalue weighted by molar-refractivity contribution is 6.31. The van der Waals surface area contributed by atoms with Crippen molar-refractivity contribution in [2.75, 3.05) is 17.3 Å². The van der Waals surface area contributed by atoms with E-state index in [0.29, 0.717) is 21.8 Å². The second kappa shape index (κ2) is 8.01. The monoisotopic (exact) mass is 379 g/mol. The average Bonchev–Trinajstić information content (AvgIpc) is 2.70. The van der Waals surface area contributed by atoms with Crippen LogP contribution in [0.25, 0.3) is 0 Å². The molecule has 136 valence electrons. The van der Waals surface area contributed by atoms with Gasteiger partial charge in [-0.05, 0) is 42.8 Å². The molecule has 1 N–H and O–H groups in total. The lowest BCUT2D eigenvalue weighted by molar-refractivity contribution is 0.0992. The van der Waals surface area contributed by atoms with Crippen molar-refractivity contribution < 1.29 is 9.59 Å². The molecule has 5 nitrogen and oxygen atoms in total. The Morgan fingerprint density at radius 1 is 1.00 bits per heavy atom. The largest absolute Gasteiger partial charge is 0.322 e. The number of aromatic nitrogens is 1. The summed E-state index contributed by atoms with van der Waals surface area (Å²) in [6.07, 6.45) is 2.87. The molecule has 2 amide bonds. The minimum absolute atomic E-state index is 0.248. The van der Waals surface area contributed by atoms with Gasteiger partial charge in [0.1, 0.15) is 0 Å². The fourth-order valence-corrected chi connectivity index (χ4v) is 2.70. The van der Waals surface area contributed by atoms with Gasteiger partial charge in [0.15, 0.2) is 0 Å². The van der Waals surface area contributed by atoms with Gasteiger partial charge in [0.05, 0.1) is 11.1 Å². The molecule has 6 heteroatoms. The third-order valence-corrected chi connectivity index (χ3v) is 4.53. The lowest BCUT2D eigenvalue weighted by atomic mass is 10.1. The van der Waals surface area contributed by atoms with Gasteiger partial charge < -0.3 is 10.2 Å². The van der Waals surface area contributed by atoms with Crippen LogP contribution in [0.5, 0.6) is 0 Å². The van der Waals surface area contributed by atoms with Gasteiger partial charge >= 0.3 is 0 Å². The Morgan fingerprint density at radius 2 is 1.70 bits per heavy atom. The first-order valence-electron chi connectivity index (χ1n) is 8.31. The van der Waals surface area contributed by atoms with Gasteiger partial charge in [-0.1, -0.05) is 35.9 Å². The van der Waals surface area contributed by atoms with E-state index in [4.69, 9.17) is 11.6 Å². The number of benzene rings is 2. The van der Waals surface area contributed by atoms with Crippen molar-refractivity contribution in [2.45, 2.75) is 6.92 Å². The van der Waals surface area contributed by atoms with E-state index in [1.165, 1.54) is 23.4 Å². The van der Waals surface area contributed by atoms with Crippen molar-refractivity contribution in [3.8, 4) is 0 Å². The maximum atomic E-state index is 12.7. The summed E-state index contributed by atoms with van der Waals surface area (Å²) in [4.78, 5) is 30.8. The van der Waals surface area contributed by atoms with Gasteiger partial charge in [0.2, 0.25) is 0 Å². The number of para-hydroxylation sites is 1. The van der Waals surface area contributed by atoms with Crippen molar-refractivity contribution in [3.63, 3.8) is 0 Å². The SMILES string of the molecule is Cc1ccc(NC(=O)c2cncc(C(=O)N(C)c3ccccc3)c2)cc1Cl. The number of pyridine rings is 1. The summed E-state index contributed by atoms with van der Waals surface area (Å²) in [7, 11) is 1.68. The van der Waals surface area contributed by atoms with Crippen LogP contribution in [0.2, 0.25) is 5.02 Å². The van der Waals surface area contributed by atoms with Crippen LogP contribution >= 0.6 is 11.6 Å². The lowest BCUT2D eigenvalue weighted by Crippen LogP contribution is -2.26. The summed E-state index contributed by atoms with van der Waals surface area (Å²) in [6.45, 7) is 1.89. The first kappa shape index (κ1) is 18.6. The molecule has 3 rings (SSSR count). The topological polar surface area (TPSA) is 62.3 Å². The highest BCUT2D eigenvalue weighted by atomic mass is 35.5. The fraction of sp³-hybridized carbons (Fsp3) is 0.0952. The molecule has 0 saturated carbocycles. The van der Waals surface area contributed by atoms with Crippen LogP contribution in [0.15, 0.2) is 67.0 Å². The molecule has 1 aromatic heterocycles. The Balaban J connectivity index is 1.79. The Bertz CT molecular complexity index is 990. The van der Waals surface area contributed by atoms with Crippen molar-refractivity contribution in [1.82, 2.24) is 4.98 Å². The molecule has 0 aliphatic heterocycles. The van der Waals surface area contributed by atoms with Crippen LogP contribution in [0.1, 0.15) is 26.3 Å². The first-order valence-corrected chi connectivity index (χ1v) is 8.69. The number of nitrogens with one attached hydrogen (secondary N) is 1. The number of amides is 2. The summed E-state index contributed by atoms with van der Waals surface area (Å²) in [5, 5.41) is 3.33. The molecule has 1 heterocycles. The molecule has 3 aromatic rings. The smallest absolute Gasteiger partial charge is 0.259 e. The molecule has 2 aromatic carbocycles. The third kappa shape index (κ3) is 4.33. The predicted molar refractivity (Wildman–Crippen MR) is 108 cm³/mol. The van der Waals surface area contributed by atoms with E-state index in [1.54, 1.807) is 19.2 Å². The lowest BCUT2D eigenvalue weighted by Gasteiger charge is -2.17. The van der Waals surface area contributed by atoms with Gasteiger partial charge in [-0.3, -0.25) is 14.6 Å². The van der Waals surface area contributed by atoms with Crippen LogP contribution in [0, 0.1) is 6.92 Å². The van der Waals surface area contributed by atoms with Crippen LogP contribution < -0.4 is 10.2 Å². The maximum Gasteiger partial charge on any atom is 0.259 e. The molecule has 0 unspecified atom stereocenters. The Kier molecular flexibility index (Phi) is 5.52. The minimum Gasteiger partial charge on any atom is -0.322 e. The number of nitrogens with zero attached hydrogens (tertiary/aromatic N) is 2. The molecular formula is C21H18ClN3O2. The van der Waals surface area contributed by atoms with Gasteiger partial charge in [-0.2, -0.15) is 0 Å². The van der Waals surface area contributed by atoms with Crippen LogP contribution in [-0.4, -0.2) is 23.8 Å². The molecule has 0 fully saturated rings. The summed E-state index contributed by atoms with van der Waals surface area (Å²) >= 11 is 6.09. The molecule has 0 atom stereocenters. The summed E-state index contributed by atoms with van der Waals surface area (Å²) in [5.74, 6) is -0.610. The van der Waals surface area contributed by atoms with Crippen molar-refractivity contribution in [1.29, 1.82) is 0 Å². The van der Waals surface area contributed by atoms with E-state index in [-0.39, 0.29) is 11.8 Å². The Labute approximate surface area is 162 Å². The maximum absolute atomic E-state index is 12.7. The van der Waals surface area contributed by atoms with Crippen molar-refractivity contribution >= 4 is 34.8 Å². The van der Waals surface area contributed by atoms with E-state index in [0.717, 1.165) is 11.3 Å². The number of halogens is 1. The van der Waals surface area contributed by atoms with E-state index in [1.807, 2.05) is 43.3 Å². The first-order chi connectivity index (χ1) is 13.0. The Morgan fingerprint density at radius 3 is 2.41 bits per heavy atom.